The van der Waals surface area contributed by atoms with Crippen LogP contribution in [0.1, 0.15) is 49.8 Å². The molecule has 0 saturated heterocycles. The molecule has 2 N–H and O–H groups in total. The van der Waals surface area contributed by atoms with Crippen LogP contribution in [0.5, 0.6) is 0 Å². The Morgan fingerprint density at radius 2 is 2.24 bits per heavy atom. The first-order chi connectivity index (χ1) is 8.35. The summed E-state index contributed by atoms with van der Waals surface area (Å²) in [5.41, 5.74) is 2.96. The predicted octanol–water partition coefficient (Wildman–Crippen LogP) is 2.81. The molecule has 2 unspecified atom stereocenters. The number of hydrogen-bond donors (Lipinski definition) is 2. The third-order valence-electron chi connectivity index (χ3n) is 3.78. The Morgan fingerprint density at radius 1 is 1.41 bits per heavy atom. The maximum absolute atomic E-state index is 9.05. The molecule has 94 valence electrons. The van der Waals surface area contributed by atoms with Crippen molar-refractivity contribution in [2.45, 2.75) is 51.1 Å². The van der Waals surface area contributed by atoms with E-state index in [2.05, 4.69) is 36.5 Å². The van der Waals surface area contributed by atoms with E-state index in [-0.39, 0.29) is 6.61 Å². The van der Waals surface area contributed by atoms with Crippen LogP contribution in [0.25, 0.3) is 0 Å². The van der Waals surface area contributed by atoms with Gasteiger partial charge < -0.3 is 10.4 Å². The molecule has 1 aliphatic carbocycles. The Morgan fingerprint density at radius 3 is 3.00 bits per heavy atom. The molecule has 17 heavy (non-hydrogen) atoms. The van der Waals surface area contributed by atoms with Crippen LogP contribution in [0.4, 0.5) is 0 Å². The molecule has 0 aliphatic heterocycles. The summed E-state index contributed by atoms with van der Waals surface area (Å²) in [5, 5.41) is 12.8. The van der Waals surface area contributed by atoms with Gasteiger partial charge in [-0.2, -0.15) is 0 Å². The maximum atomic E-state index is 9.05. The van der Waals surface area contributed by atoms with Gasteiger partial charge in [0.05, 0.1) is 0 Å². The molecule has 2 nitrogen and oxygen atoms in total. The lowest BCUT2D eigenvalue weighted by Gasteiger charge is -2.30. The van der Waals surface area contributed by atoms with E-state index in [1.165, 1.54) is 30.4 Å². The topological polar surface area (TPSA) is 32.3 Å². The van der Waals surface area contributed by atoms with Crippen molar-refractivity contribution in [3.05, 3.63) is 35.4 Å². The number of aliphatic hydroxyl groups excluding tert-OH is 1. The molecule has 1 aromatic carbocycles. The van der Waals surface area contributed by atoms with Gasteiger partial charge in [-0.25, -0.2) is 0 Å². The van der Waals surface area contributed by atoms with Crippen molar-refractivity contribution in [1.29, 1.82) is 0 Å². The molecule has 2 atom stereocenters. The van der Waals surface area contributed by atoms with Gasteiger partial charge in [0.25, 0.3) is 0 Å². The zero-order chi connectivity index (χ0) is 12.1. The van der Waals surface area contributed by atoms with E-state index >= 15 is 0 Å². The minimum Gasteiger partial charge on any atom is -0.396 e. The summed E-state index contributed by atoms with van der Waals surface area (Å²) in [6.07, 6.45) is 5.64. The first-order valence-corrected chi connectivity index (χ1v) is 6.80. The second-order valence-electron chi connectivity index (χ2n) is 4.93. The highest BCUT2D eigenvalue weighted by atomic mass is 16.3. The summed E-state index contributed by atoms with van der Waals surface area (Å²) in [7, 11) is 0. The molecule has 0 spiro atoms. The van der Waals surface area contributed by atoms with Crippen LogP contribution in [0.2, 0.25) is 0 Å². The maximum Gasteiger partial charge on any atom is 0.0445 e. The van der Waals surface area contributed by atoms with Gasteiger partial charge >= 0.3 is 0 Å². The van der Waals surface area contributed by atoms with Crippen molar-refractivity contribution in [3.63, 3.8) is 0 Å². The van der Waals surface area contributed by atoms with E-state index in [4.69, 9.17) is 5.11 Å². The van der Waals surface area contributed by atoms with Crippen molar-refractivity contribution in [2.24, 2.45) is 0 Å². The van der Waals surface area contributed by atoms with Crippen LogP contribution >= 0.6 is 0 Å². The number of benzene rings is 1. The molecular weight excluding hydrogens is 210 g/mol. The average molecular weight is 233 g/mol. The van der Waals surface area contributed by atoms with Gasteiger partial charge in [0, 0.05) is 18.7 Å². The standard InChI is InChI=1S/C15H23NO/c1-2-13(10-11-17)16-15-9-5-7-12-6-3-4-8-14(12)15/h3-4,6,8,13,15-17H,2,5,7,9-11H2,1H3. The highest BCUT2D eigenvalue weighted by molar-refractivity contribution is 5.32. The molecular formula is C15H23NO. The van der Waals surface area contributed by atoms with E-state index in [9.17, 15) is 0 Å². The normalized spacial score (nSPS) is 20.9. The Kier molecular flexibility index (Phi) is 4.57. The predicted molar refractivity (Wildman–Crippen MR) is 71.0 cm³/mol. The Bertz CT molecular complexity index is 351. The second-order valence-corrected chi connectivity index (χ2v) is 4.93. The number of rotatable bonds is 5. The molecule has 2 rings (SSSR count). The van der Waals surface area contributed by atoms with Gasteiger partial charge in [-0.3, -0.25) is 0 Å². The van der Waals surface area contributed by atoms with E-state index in [1.807, 2.05) is 0 Å². The van der Waals surface area contributed by atoms with Crippen LogP contribution in [0.15, 0.2) is 24.3 Å². The number of hydrogen-bond acceptors (Lipinski definition) is 2. The second kappa shape index (κ2) is 6.18. The molecule has 0 radical (unpaired) electrons. The Hall–Kier alpha value is -0.860. The van der Waals surface area contributed by atoms with Crippen LogP contribution in [0.3, 0.4) is 0 Å². The van der Waals surface area contributed by atoms with Crippen molar-refractivity contribution >= 4 is 0 Å². The highest BCUT2D eigenvalue weighted by Gasteiger charge is 2.21. The zero-order valence-electron chi connectivity index (χ0n) is 10.7. The fraction of sp³-hybridized carbons (Fsp3) is 0.600. The summed E-state index contributed by atoms with van der Waals surface area (Å²) < 4.78 is 0. The van der Waals surface area contributed by atoms with E-state index in [1.54, 1.807) is 0 Å². The molecule has 0 heterocycles. The lowest BCUT2D eigenvalue weighted by molar-refractivity contribution is 0.252. The van der Waals surface area contributed by atoms with Crippen molar-refractivity contribution < 1.29 is 5.11 Å². The quantitative estimate of drug-likeness (QED) is 0.819. The van der Waals surface area contributed by atoms with Gasteiger partial charge in [-0.05, 0) is 43.2 Å². The van der Waals surface area contributed by atoms with Crippen LogP contribution in [-0.2, 0) is 6.42 Å². The van der Waals surface area contributed by atoms with Crippen LogP contribution in [-0.4, -0.2) is 17.8 Å². The summed E-state index contributed by atoms with van der Waals surface area (Å²) in [6, 6.07) is 9.68. The van der Waals surface area contributed by atoms with Gasteiger partial charge in [-0.15, -0.1) is 0 Å². The molecule has 2 heteroatoms. The molecule has 0 amide bonds. The zero-order valence-corrected chi connectivity index (χ0v) is 10.7. The summed E-state index contributed by atoms with van der Waals surface area (Å²) >= 11 is 0. The molecule has 0 aromatic heterocycles. The fourth-order valence-electron chi connectivity index (χ4n) is 2.77. The average Bonchev–Trinajstić information content (AvgIpc) is 2.38. The Balaban J connectivity index is 2.07. The first-order valence-electron chi connectivity index (χ1n) is 6.80. The fourth-order valence-corrected chi connectivity index (χ4v) is 2.77. The van der Waals surface area contributed by atoms with Gasteiger partial charge in [0.15, 0.2) is 0 Å². The van der Waals surface area contributed by atoms with Gasteiger partial charge in [0.2, 0.25) is 0 Å². The van der Waals surface area contributed by atoms with Crippen LogP contribution in [0, 0.1) is 0 Å². The van der Waals surface area contributed by atoms with E-state index < -0.39 is 0 Å². The molecule has 1 aromatic rings. The number of aliphatic hydroxyl groups is 1. The van der Waals surface area contributed by atoms with Gasteiger partial charge in [0.1, 0.15) is 0 Å². The van der Waals surface area contributed by atoms with Gasteiger partial charge in [-0.1, -0.05) is 31.2 Å². The lowest BCUT2D eigenvalue weighted by atomic mass is 9.87. The number of fused-ring (bicyclic) bond motifs is 1. The van der Waals surface area contributed by atoms with E-state index in [0.29, 0.717) is 12.1 Å². The monoisotopic (exact) mass is 233 g/mol. The molecule has 1 aliphatic rings. The minimum absolute atomic E-state index is 0.278. The SMILES string of the molecule is CCC(CCO)NC1CCCc2ccccc21. The molecule has 0 fully saturated rings. The first kappa shape index (κ1) is 12.6. The third kappa shape index (κ3) is 3.08. The highest BCUT2D eigenvalue weighted by Crippen LogP contribution is 2.30. The van der Waals surface area contributed by atoms with Crippen LogP contribution < -0.4 is 5.32 Å². The van der Waals surface area contributed by atoms with Crippen molar-refractivity contribution in [1.82, 2.24) is 5.32 Å². The molecule has 0 saturated carbocycles. The smallest absolute Gasteiger partial charge is 0.0445 e. The van der Waals surface area contributed by atoms with Crippen molar-refractivity contribution in [3.8, 4) is 0 Å². The molecule has 0 bridgehead atoms. The Labute approximate surface area is 104 Å². The summed E-state index contributed by atoms with van der Waals surface area (Å²) in [6.45, 7) is 2.46. The summed E-state index contributed by atoms with van der Waals surface area (Å²) in [4.78, 5) is 0. The van der Waals surface area contributed by atoms with E-state index in [0.717, 1.165) is 12.8 Å². The number of aryl methyl sites for hydroxylation is 1. The third-order valence-corrected chi connectivity index (χ3v) is 3.78. The van der Waals surface area contributed by atoms with Crippen molar-refractivity contribution in [2.75, 3.05) is 6.61 Å². The minimum atomic E-state index is 0.278. The number of nitrogens with one attached hydrogen (secondary N) is 1. The largest absolute Gasteiger partial charge is 0.396 e. The lowest BCUT2D eigenvalue weighted by Crippen LogP contribution is -2.34. The summed E-state index contributed by atoms with van der Waals surface area (Å²) in [5.74, 6) is 0.